The van der Waals surface area contributed by atoms with E-state index in [0.29, 0.717) is 11.8 Å². The maximum atomic E-state index is 11.8. The lowest BCUT2D eigenvalue weighted by molar-refractivity contribution is 0.473. The van der Waals surface area contributed by atoms with Gasteiger partial charge in [0.15, 0.2) is 5.75 Å². The Labute approximate surface area is 176 Å². The van der Waals surface area contributed by atoms with Gasteiger partial charge in [0.1, 0.15) is 10.6 Å². The Morgan fingerprint density at radius 1 is 0.677 bits per heavy atom. The van der Waals surface area contributed by atoms with Gasteiger partial charge in [0.05, 0.1) is 10.6 Å². The summed E-state index contributed by atoms with van der Waals surface area (Å²) in [6, 6.07) is 16.9. The van der Waals surface area contributed by atoms with Gasteiger partial charge in [0.2, 0.25) is 0 Å². The van der Waals surface area contributed by atoms with Crippen LogP contribution in [-0.4, -0.2) is 31.0 Å². The van der Waals surface area contributed by atoms with Crippen molar-refractivity contribution in [1.82, 2.24) is 0 Å². The molecule has 0 aliphatic rings. The third-order valence-corrected chi connectivity index (χ3v) is 6.32. The van der Waals surface area contributed by atoms with Crippen molar-refractivity contribution >= 4 is 53.2 Å². The van der Waals surface area contributed by atoms with Crippen molar-refractivity contribution in [2.45, 2.75) is 9.79 Å². The van der Waals surface area contributed by atoms with E-state index in [1.54, 1.807) is 12.1 Å². The van der Waals surface area contributed by atoms with Gasteiger partial charge < -0.3 is 5.11 Å². The van der Waals surface area contributed by atoms with Gasteiger partial charge in [0.25, 0.3) is 20.2 Å². The molecule has 11 heteroatoms. The van der Waals surface area contributed by atoms with Gasteiger partial charge in [-0.1, -0.05) is 42.5 Å². The fraction of sp³-hybridized carbons (Fsp3) is 0. The van der Waals surface area contributed by atoms with Crippen LogP contribution in [0.3, 0.4) is 0 Å². The smallest absolute Gasteiger partial charge is 0.295 e. The molecular formula is C20H14N2O7S2. The van der Waals surface area contributed by atoms with E-state index in [1.165, 1.54) is 12.1 Å². The molecule has 3 N–H and O–H groups in total. The molecule has 0 amide bonds. The number of hydrogen-bond acceptors (Lipinski definition) is 7. The Morgan fingerprint density at radius 2 is 1.35 bits per heavy atom. The van der Waals surface area contributed by atoms with E-state index in [0.717, 1.165) is 16.8 Å². The lowest BCUT2D eigenvalue weighted by atomic mass is 10.1. The molecule has 0 radical (unpaired) electrons. The Hall–Kier alpha value is -3.38. The van der Waals surface area contributed by atoms with E-state index in [9.17, 15) is 31.0 Å². The predicted octanol–water partition coefficient (Wildman–Crippen LogP) is 4.61. The molecule has 0 aliphatic heterocycles. The summed E-state index contributed by atoms with van der Waals surface area (Å²) in [5.41, 5.74) is 0.402. The topological polar surface area (TPSA) is 154 Å². The second-order valence-electron chi connectivity index (χ2n) is 6.60. The van der Waals surface area contributed by atoms with Crippen LogP contribution in [0.15, 0.2) is 86.7 Å². The monoisotopic (exact) mass is 458 g/mol. The molecule has 0 bridgehead atoms. The second kappa shape index (κ2) is 7.39. The molecule has 0 aromatic heterocycles. The van der Waals surface area contributed by atoms with Crippen LogP contribution in [0.5, 0.6) is 5.75 Å². The summed E-state index contributed by atoms with van der Waals surface area (Å²) < 4.78 is 65.4. The molecule has 0 saturated carbocycles. The first-order valence-electron chi connectivity index (χ1n) is 8.70. The molecule has 0 spiro atoms. The van der Waals surface area contributed by atoms with E-state index >= 15 is 0 Å². The molecule has 158 valence electrons. The van der Waals surface area contributed by atoms with Crippen molar-refractivity contribution in [3.05, 3.63) is 66.7 Å². The third-order valence-electron chi connectivity index (χ3n) is 4.61. The van der Waals surface area contributed by atoms with Crippen LogP contribution in [0.2, 0.25) is 0 Å². The molecule has 31 heavy (non-hydrogen) atoms. The van der Waals surface area contributed by atoms with Crippen molar-refractivity contribution < 1.29 is 31.0 Å². The van der Waals surface area contributed by atoms with Gasteiger partial charge in [-0.2, -0.15) is 16.8 Å². The molecule has 4 aromatic rings. The minimum atomic E-state index is -4.96. The van der Waals surface area contributed by atoms with Gasteiger partial charge in [-0.05, 0) is 35.0 Å². The molecule has 0 aliphatic carbocycles. The first kappa shape index (κ1) is 20.9. The average molecular weight is 458 g/mol. The molecule has 4 aromatic carbocycles. The van der Waals surface area contributed by atoms with E-state index in [-0.39, 0.29) is 16.5 Å². The molecule has 0 atom stereocenters. The Balaban J connectivity index is 1.93. The van der Waals surface area contributed by atoms with Crippen LogP contribution in [0.25, 0.3) is 21.5 Å². The van der Waals surface area contributed by atoms with Crippen LogP contribution in [0.1, 0.15) is 0 Å². The van der Waals surface area contributed by atoms with E-state index in [2.05, 4.69) is 10.2 Å². The van der Waals surface area contributed by atoms with E-state index in [1.807, 2.05) is 30.3 Å². The molecule has 0 unspecified atom stereocenters. The van der Waals surface area contributed by atoms with Gasteiger partial charge >= 0.3 is 0 Å². The highest BCUT2D eigenvalue weighted by Gasteiger charge is 2.23. The van der Waals surface area contributed by atoms with Crippen LogP contribution in [0, 0.1) is 0 Å². The van der Waals surface area contributed by atoms with Crippen LogP contribution < -0.4 is 0 Å². The van der Waals surface area contributed by atoms with Gasteiger partial charge in [-0.3, -0.25) is 9.11 Å². The molecular weight excluding hydrogens is 444 g/mol. The minimum Gasteiger partial charge on any atom is -0.505 e. The predicted molar refractivity (Wildman–Crippen MR) is 113 cm³/mol. The number of phenols is 1. The van der Waals surface area contributed by atoms with Crippen molar-refractivity contribution in [3.63, 3.8) is 0 Å². The zero-order valence-corrected chi connectivity index (χ0v) is 17.2. The van der Waals surface area contributed by atoms with E-state index < -0.39 is 35.8 Å². The number of phenolic OH excluding ortho intramolecular Hbond substituents is 1. The average Bonchev–Trinajstić information content (AvgIpc) is 2.71. The van der Waals surface area contributed by atoms with Crippen molar-refractivity contribution in [3.8, 4) is 5.75 Å². The lowest BCUT2D eigenvalue weighted by Crippen LogP contribution is -2.04. The molecule has 0 fully saturated rings. The number of rotatable bonds is 4. The largest absolute Gasteiger partial charge is 0.505 e. The highest BCUT2D eigenvalue weighted by Crippen LogP contribution is 2.40. The number of benzene rings is 4. The van der Waals surface area contributed by atoms with Crippen LogP contribution in [0.4, 0.5) is 11.4 Å². The van der Waals surface area contributed by atoms with Gasteiger partial charge in [-0.15, -0.1) is 10.2 Å². The summed E-state index contributed by atoms with van der Waals surface area (Å²) in [6.07, 6.45) is 0. The molecule has 0 heterocycles. The zero-order valence-electron chi connectivity index (χ0n) is 15.5. The highest BCUT2D eigenvalue weighted by atomic mass is 32.2. The normalized spacial score (nSPS) is 12.7. The summed E-state index contributed by atoms with van der Waals surface area (Å²) >= 11 is 0. The summed E-state index contributed by atoms with van der Waals surface area (Å²) in [6.45, 7) is 0. The molecule has 9 nitrogen and oxygen atoms in total. The second-order valence-corrected chi connectivity index (χ2v) is 9.41. The third kappa shape index (κ3) is 3.99. The lowest BCUT2D eigenvalue weighted by Gasteiger charge is -2.10. The first-order chi connectivity index (χ1) is 14.6. The maximum absolute atomic E-state index is 11.8. The highest BCUT2D eigenvalue weighted by molar-refractivity contribution is 7.86. The fourth-order valence-corrected chi connectivity index (χ4v) is 4.57. The fourth-order valence-electron chi connectivity index (χ4n) is 3.21. The van der Waals surface area contributed by atoms with Crippen molar-refractivity contribution in [1.29, 1.82) is 0 Å². The number of fused-ring (bicyclic) bond motifs is 2. The molecule has 0 saturated heterocycles. The Bertz CT molecular complexity index is 1590. The zero-order chi connectivity index (χ0) is 22.4. The van der Waals surface area contributed by atoms with E-state index in [4.69, 9.17) is 0 Å². The van der Waals surface area contributed by atoms with Gasteiger partial charge in [-0.25, -0.2) is 0 Å². The molecule has 4 rings (SSSR count). The van der Waals surface area contributed by atoms with Crippen molar-refractivity contribution in [2.75, 3.05) is 0 Å². The van der Waals surface area contributed by atoms with Crippen LogP contribution >= 0.6 is 0 Å². The maximum Gasteiger partial charge on any atom is 0.295 e. The Morgan fingerprint density at radius 3 is 2.06 bits per heavy atom. The summed E-state index contributed by atoms with van der Waals surface area (Å²) in [4.78, 5) is -1.64. The van der Waals surface area contributed by atoms with Crippen molar-refractivity contribution in [2.24, 2.45) is 10.2 Å². The van der Waals surface area contributed by atoms with Crippen LogP contribution in [-0.2, 0) is 20.2 Å². The number of aromatic hydroxyl groups is 1. The first-order valence-corrected chi connectivity index (χ1v) is 11.6. The number of azo groups is 1. The SMILES string of the molecule is O=S(=O)(O)c1cc(S(=O)(=O)O)c2c(O)c(N=Nc3cccc4ccccc34)ccc2c1. The summed E-state index contributed by atoms with van der Waals surface area (Å²) in [5, 5.41) is 20.1. The summed E-state index contributed by atoms with van der Waals surface area (Å²) in [7, 11) is -9.72. The minimum absolute atomic E-state index is 0.0515. The number of hydrogen-bond donors (Lipinski definition) is 3. The number of nitrogens with zero attached hydrogens (tertiary/aromatic N) is 2. The standard InChI is InChI=1S/C20H14N2O7S2/c23-20-17(22-21-16-7-3-5-12-4-1-2-6-15(12)16)9-8-13-10-14(30(24,25)26)11-18(19(13)20)31(27,28)29/h1-11,23H,(H,24,25,26)(H,27,28,29). The summed E-state index contributed by atoms with van der Waals surface area (Å²) in [5.74, 6) is -0.629. The van der Waals surface area contributed by atoms with Gasteiger partial charge in [0, 0.05) is 10.8 Å². The quantitative estimate of drug-likeness (QED) is 0.298. The Kier molecular flexibility index (Phi) is 4.98.